The molecule has 1 nitrogen and oxygen atoms in total. The van der Waals surface area contributed by atoms with Gasteiger partial charge in [-0.25, -0.2) is 4.98 Å². The van der Waals surface area contributed by atoms with Crippen LogP contribution in [0.25, 0.3) is 43.0 Å². The van der Waals surface area contributed by atoms with Crippen molar-refractivity contribution in [3.05, 3.63) is 103 Å². The maximum Gasteiger partial charge on any atom is 0.124 e. The van der Waals surface area contributed by atoms with Gasteiger partial charge in [0.05, 0.1) is 10.2 Å². The highest BCUT2D eigenvalue weighted by molar-refractivity contribution is 7.21. The molecular weight excluding hydrogens is 346 g/mol. The maximum atomic E-state index is 4.92. The Morgan fingerprint density at radius 1 is 0.519 bits per heavy atom. The first-order valence-corrected chi connectivity index (χ1v) is 9.81. The zero-order chi connectivity index (χ0) is 18.1. The third-order valence-electron chi connectivity index (χ3n) is 4.72. The third kappa shape index (κ3) is 3.05. The van der Waals surface area contributed by atoms with Crippen LogP contribution in [0.1, 0.15) is 0 Å². The fourth-order valence-corrected chi connectivity index (χ4v) is 4.38. The normalized spacial score (nSPS) is 11.0. The smallest absolute Gasteiger partial charge is 0.124 e. The molecule has 0 atom stereocenters. The fourth-order valence-electron chi connectivity index (χ4n) is 3.39. The van der Waals surface area contributed by atoms with Gasteiger partial charge in [0.1, 0.15) is 5.01 Å². The van der Waals surface area contributed by atoms with Crippen molar-refractivity contribution in [2.24, 2.45) is 0 Å². The van der Waals surface area contributed by atoms with Crippen molar-refractivity contribution >= 4 is 21.6 Å². The summed E-state index contributed by atoms with van der Waals surface area (Å²) in [7, 11) is 0. The molecular formula is C25H17NS. The lowest BCUT2D eigenvalue weighted by Crippen LogP contribution is -1.85. The van der Waals surface area contributed by atoms with E-state index in [1.807, 2.05) is 6.07 Å². The van der Waals surface area contributed by atoms with Gasteiger partial charge >= 0.3 is 0 Å². The number of hydrogen-bond donors (Lipinski definition) is 0. The van der Waals surface area contributed by atoms with E-state index in [1.54, 1.807) is 11.3 Å². The van der Waals surface area contributed by atoms with Crippen LogP contribution in [-0.4, -0.2) is 4.98 Å². The predicted molar refractivity (Wildman–Crippen MR) is 116 cm³/mol. The molecule has 0 spiro atoms. The molecule has 0 aliphatic rings. The third-order valence-corrected chi connectivity index (χ3v) is 5.79. The monoisotopic (exact) mass is 363 g/mol. The lowest BCUT2D eigenvalue weighted by atomic mass is 9.94. The first-order valence-electron chi connectivity index (χ1n) is 8.99. The number of hydrogen-bond acceptors (Lipinski definition) is 2. The zero-order valence-electron chi connectivity index (χ0n) is 14.7. The van der Waals surface area contributed by atoms with E-state index in [0.29, 0.717) is 0 Å². The molecule has 5 rings (SSSR count). The molecule has 0 unspecified atom stereocenters. The summed E-state index contributed by atoms with van der Waals surface area (Å²) in [5.74, 6) is 0. The minimum atomic E-state index is 1.05. The molecule has 0 radical (unpaired) electrons. The SMILES string of the molecule is c1ccc(-c2nc3cc(-c4ccccc4)c(-c4ccccc4)cc3s2)cc1. The van der Waals surface area contributed by atoms with Gasteiger partial charge in [-0.2, -0.15) is 0 Å². The predicted octanol–water partition coefficient (Wildman–Crippen LogP) is 7.30. The van der Waals surface area contributed by atoms with Gasteiger partial charge in [-0.15, -0.1) is 11.3 Å². The first kappa shape index (κ1) is 16.0. The van der Waals surface area contributed by atoms with Crippen molar-refractivity contribution < 1.29 is 0 Å². The Morgan fingerprint density at radius 2 is 1.00 bits per heavy atom. The molecule has 4 aromatic carbocycles. The molecule has 0 amide bonds. The molecule has 0 N–H and O–H groups in total. The van der Waals surface area contributed by atoms with Crippen LogP contribution in [0, 0.1) is 0 Å². The Balaban J connectivity index is 1.76. The van der Waals surface area contributed by atoms with Gasteiger partial charge in [-0.1, -0.05) is 91.0 Å². The van der Waals surface area contributed by atoms with Gasteiger partial charge in [-0.3, -0.25) is 0 Å². The number of aromatic nitrogens is 1. The van der Waals surface area contributed by atoms with E-state index in [0.717, 1.165) is 10.5 Å². The minimum absolute atomic E-state index is 1.05. The summed E-state index contributed by atoms with van der Waals surface area (Å²) in [5.41, 5.74) is 7.14. The number of rotatable bonds is 3. The van der Waals surface area contributed by atoms with Crippen molar-refractivity contribution in [2.45, 2.75) is 0 Å². The summed E-state index contributed by atoms with van der Waals surface area (Å²) >= 11 is 1.75. The Kier molecular flexibility index (Phi) is 4.04. The second-order valence-corrected chi connectivity index (χ2v) is 7.51. The van der Waals surface area contributed by atoms with E-state index in [4.69, 9.17) is 4.98 Å². The summed E-state index contributed by atoms with van der Waals surface area (Å²) in [6, 6.07) is 36.1. The molecule has 0 aliphatic carbocycles. The van der Waals surface area contributed by atoms with Crippen LogP contribution in [-0.2, 0) is 0 Å². The topological polar surface area (TPSA) is 12.9 Å². The van der Waals surface area contributed by atoms with Gasteiger partial charge in [-0.05, 0) is 34.4 Å². The van der Waals surface area contributed by atoms with Gasteiger partial charge in [0.25, 0.3) is 0 Å². The molecule has 1 heterocycles. The number of thiazole rings is 1. The van der Waals surface area contributed by atoms with Crippen LogP contribution in [0.15, 0.2) is 103 Å². The van der Waals surface area contributed by atoms with E-state index in [9.17, 15) is 0 Å². The number of fused-ring (bicyclic) bond motifs is 1. The molecule has 128 valence electrons. The average Bonchev–Trinajstić information content (AvgIpc) is 3.18. The summed E-state index contributed by atoms with van der Waals surface area (Å²) in [6.07, 6.45) is 0. The van der Waals surface area contributed by atoms with Gasteiger partial charge in [0.15, 0.2) is 0 Å². The maximum absolute atomic E-state index is 4.92. The van der Waals surface area contributed by atoms with Gasteiger partial charge < -0.3 is 0 Å². The number of nitrogens with zero attached hydrogens (tertiary/aromatic N) is 1. The average molecular weight is 363 g/mol. The Labute approximate surface area is 162 Å². The molecule has 0 bridgehead atoms. The van der Waals surface area contributed by atoms with Crippen LogP contribution in [0.2, 0.25) is 0 Å². The summed E-state index contributed by atoms with van der Waals surface area (Å²) in [4.78, 5) is 4.92. The Hall–Kier alpha value is -3.23. The van der Waals surface area contributed by atoms with Crippen LogP contribution in [0.4, 0.5) is 0 Å². The molecule has 27 heavy (non-hydrogen) atoms. The van der Waals surface area contributed by atoms with E-state index >= 15 is 0 Å². The molecule has 2 heteroatoms. The Bertz CT molecular complexity index is 1120. The van der Waals surface area contributed by atoms with Crippen molar-refractivity contribution in [2.75, 3.05) is 0 Å². The molecule has 0 aliphatic heterocycles. The van der Waals surface area contributed by atoms with Crippen molar-refractivity contribution in [1.82, 2.24) is 4.98 Å². The van der Waals surface area contributed by atoms with Crippen molar-refractivity contribution in [3.63, 3.8) is 0 Å². The van der Waals surface area contributed by atoms with Gasteiger partial charge in [0, 0.05) is 5.56 Å². The number of benzene rings is 4. The highest BCUT2D eigenvalue weighted by Gasteiger charge is 2.13. The second-order valence-electron chi connectivity index (χ2n) is 6.48. The molecule has 5 aromatic rings. The van der Waals surface area contributed by atoms with Crippen molar-refractivity contribution in [1.29, 1.82) is 0 Å². The van der Waals surface area contributed by atoms with E-state index in [2.05, 4.69) is 97.1 Å². The van der Waals surface area contributed by atoms with Crippen molar-refractivity contribution in [3.8, 4) is 32.8 Å². The fraction of sp³-hybridized carbons (Fsp3) is 0. The highest BCUT2D eigenvalue weighted by Crippen LogP contribution is 2.39. The first-order chi connectivity index (χ1) is 13.4. The lowest BCUT2D eigenvalue weighted by Gasteiger charge is -2.10. The quantitative estimate of drug-likeness (QED) is 0.328. The van der Waals surface area contributed by atoms with E-state index in [1.165, 1.54) is 32.5 Å². The van der Waals surface area contributed by atoms with Gasteiger partial charge in [0.2, 0.25) is 0 Å². The van der Waals surface area contributed by atoms with E-state index < -0.39 is 0 Å². The molecule has 0 saturated carbocycles. The molecule has 0 fully saturated rings. The standard InChI is InChI=1S/C25H17NS/c1-4-10-18(11-5-1)21-16-23-24(17-22(21)19-12-6-2-7-13-19)27-25(26-23)20-14-8-3-9-15-20/h1-17H. The zero-order valence-corrected chi connectivity index (χ0v) is 15.5. The second kappa shape index (κ2) is 6.82. The minimum Gasteiger partial charge on any atom is -0.236 e. The molecule has 1 aromatic heterocycles. The van der Waals surface area contributed by atoms with Crippen LogP contribution >= 0.6 is 11.3 Å². The Morgan fingerprint density at radius 3 is 1.56 bits per heavy atom. The highest BCUT2D eigenvalue weighted by atomic mass is 32.1. The largest absolute Gasteiger partial charge is 0.236 e. The van der Waals surface area contributed by atoms with Crippen LogP contribution in [0.5, 0.6) is 0 Å². The van der Waals surface area contributed by atoms with E-state index in [-0.39, 0.29) is 0 Å². The summed E-state index contributed by atoms with van der Waals surface area (Å²) in [5, 5.41) is 1.06. The lowest BCUT2D eigenvalue weighted by molar-refractivity contribution is 1.47. The summed E-state index contributed by atoms with van der Waals surface area (Å²) < 4.78 is 1.22. The van der Waals surface area contributed by atoms with Crippen LogP contribution < -0.4 is 0 Å². The summed E-state index contributed by atoms with van der Waals surface area (Å²) in [6.45, 7) is 0. The van der Waals surface area contributed by atoms with Crippen LogP contribution in [0.3, 0.4) is 0 Å². The molecule has 0 saturated heterocycles.